The van der Waals surface area contributed by atoms with Crippen LogP contribution in [0.25, 0.3) is 16.5 Å². The highest BCUT2D eigenvalue weighted by molar-refractivity contribution is 5.86. The molecule has 1 N–H and O–H groups in total. The van der Waals surface area contributed by atoms with Crippen molar-refractivity contribution in [3.05, 3.63) is 120 Å². The number of benzene rings is 4. The first-order valence-corrected chi connectivity index (χ1v) is 9.93. The number of nitrogens with one attached hydrogen (secondary N) is 1. The highest BCUT2D eigenvalue weighted by Gasteiger charge is 2.39. The molecule has 3 heteroatoms. The normalized spacial score (nSPS) is 20.3. The smallest absolute Gasteiger partial charge is 0.195 e. The van der Waals surface area contributed by atoms with Gasteiger partial charge in [0.25, 0.3) is 0 Å². The number of ether oxygens (including phenoxy) is 1. The maximum Gasteiger partial charge on any atom is 0.195 e. The molecule has 0 saturated heterocycles. The van der Waals surface area contributed by atoms with Crippen LogP contribution in [0.15, 0.2) is 103 Å². The van der Waals surface area contributed by atoms with Crippen molar-refractivity contribution in [2.45, 2.75) is 12.3 Å². The second-order valence-corrected chi connectivity index (χ2v) is 7.52. The van der Waals surface area contributed by atoms with Crippen molar-refractivity contribution in [3.8, 4) is 5.75 Å². The molecule has 0 fully saturated rings. The monoisotopic (exact) mass is 376 g/mol. The van der Waals surface area contributed by atoms with Gasteiger partial charge in [0.15, 0.2) is 6.23 Å². The Morgan fingerprint density at radius 3 is 2.38 bits per heavy atom. The van der Waals surface area contributed by atoms with Gasteiger partial charge in [0.05, 0.1) is 11.7 Å². The van der Waals surface area contributed by atoms with Gasteiger partial charge in [0, 0.05) is 11.1 Å². The van der Waals surface area contributed by atoms with Gasteiger partial charge in [0.2, 0.25) is 0 Å². The highest BCUT2D eigenvalue weighted by Crippen LogP contribution is 2.45. The second-order valence-electron chi connectivity index (χ2n) is 7.52. The molecule has 6 rings (SSSR count). The van der Waals surface area contributed by atoms with Crippen molar-refractivity contribution in [3.63, 3.8) is 0 Å². The SMILES string of the molecule is C1=C(c2ccc3ccccc3c2)NN2[C@H]1c1ccccc1O[C@H]2c1ccccc1. The summed E-state index contributed by atoms with van der Waals surface area (Å²) in [6.07, 6.45) is 2.12. The average Bonchev–Trinajstić information content (AvgIpc) is 3.25. The molecule has 0 saturated carbocycles. The molecule has 2 atom stereocenters. The van der Waals surface area contributed by atoms with Gasteiger partial charge in [-0.05, 0) is 34.5 Å². The molecule has 29 heavy (non-hydrogen) atoms. The predicted octanol–water partition coefficient (Wildman–Crippen LogP) is 5.83. The van der Waals surface area contributed by atoms with Crippen molar-refractivity contribution in [2.75, 3.05) is 0 Å². The average molecular weight is 376 g/mol. The first-order valence-electron chi connectivity index (χ1n) is 9.93. The lowest BCUT2D eigenvalue weighted by Gasteiger charge is -2.38. The Hall–Kier alpha value is -3.56. The summed E-state index contributed by atoms with van der Waals surface area (Å²) in [6.45, 7) is 0. The molecule has 0 spiro atoms. The number of hydrazine groups is 1. The molecular weight excluding hydrogens is 356 g/mol. The fourth-order valence-electron chi connectivity index (χ4n) is 4.30. The largest absolute Gasteiger partial charge is 0.469 e. The van der Waals surface area contributed by atoms with E-state index in [9.17, 15) is 0 Å². The molecule has 3 nitrogen and oxygen atoms in total. The summed E-state index contributed by atoms with van der Waals surface area (Å²) in [5.74, 6) is 0.945. The van der Waals surface area contributed by atoms with Crippen LogP contribution in [0, 0.1) is 0 Å². The molecule has 0 bridgehead atoms. The molecule has 0 radical (unpaired) electrons. The summed E-state index contributed by atoms with van der Waals surface area (Å²) in [4.78, 5) is 0. The van der Waals surface area contributed by atoms with E-state index in [0.29, 0.717) is 0 Å². The topological polar surface area (TPSA) is 24.5 Å². The first-order chi connectivity index (χ1) is 14.4. The third-order valence-corrected chi connectivity index (χ3v) is 5.75. The molecule has 0 aliphatic carbocycles. The van der Waals surface area contributed by atoms with Crippen LogP contribution >= 0.6 is 0 Å². The van der Waals surface area contributed by atoms with Gasteiger partial charge in [-0.2, -0.15) is 5.01 Å². The summed E-state index contributed by atoms with van der Waals surface area (Å²) in [5, 5.41) is 4.71. The summed E-state index contributed by atoms with van der Waals surface area (Å²) in [6, 6.07) is 33.9. The number of nitrogens with zero attached hydrogens (tertiary/aromatic N) is 1. The summed E-state index contributed by atoms with van der Waals surface area (Å²) in [7, 11) is 0. The minimum absolute atomic E-state index is 0.117. The number of fused-ring (bicyclic) bond motifs is 4. The van der Waals surface area contributed by atoms with Gasteiger partial charge in [-0.1, -0.05) is 84.9 Å². The number of hydrogen-bond acceptors (Lipinski definition) is 3. The van der Waals surface area contributed by atoms with E-state index in [2.05, 4.69) is 101 Å². The van der Waals surface area contributed by atoms with E-state index in [0.717, 1.165) is 17.0 Å². The third kappa shape index (κ3) is 2.71. The van der Waals surface area contributed by atoms with E-state index in [1.165, 1.54) is 21.9 Å². The quantitative estimate of drug-likeness (QED) is 0.476. The molecule has 4 aromatic rings. The van der Waals surface area contributed by atoms with Crippen molar-refractivity contribution in [1.82, 2.24) is 10.4 Å². The first kappa shape index (κ1) is 16.4. The van der Waals surface area contributed by atoms with Crippen LogP contribution in [0.2, 0.25) is 0 Å². The van der Waals surface area contributed by atoms with E-state index in [-0.39, 0.29) is 12.3 Å². The molecule has 0 amide bonds. The van der Waals surface area contributed by atoms with Gasteiger partial charge < -0.3 is 10.2 Å². The Morgan fingerprint density at radius 1 is 0.724 bits per heavy atom. The lowest BCUT2D eigenvalue weighted by molar-refractivity contribution is -0.0326. The maximum absolute atomic E-state index is 6.42. The van der Waals surface area contributed by atoms with Crippen molar-refractivity contribution in [2.24, 2.45) is 0 Å². The zero-order valence-corrected chi connectivity index (χ0v) is 15.8. The second kappa shape index (κ2) is 6.50. The lowest BCUT2D eigenvalue weighted by Crippen LogP contribution is -2.43. The van der Waals surface area contributed by atoms with Crippen LogP contribution in [0.3, 0.4) is 0 Å². The Balaban J connectivity index is 1.44. The van der Waals surface area contributed by atoms with E-state index in [1.54, 1.807) is 0 Å². The minimum atomic E-state index is -0.190. The standard InChI is InChI=1S/C26H20N2O/c1-2-9-19(10-3-1)26-28-24(22-12-6-7-13-25(22)29-26)17-23(27-28)21-15-14-18-8-4-5-11-20(18)16-21/h1-17,24,26-27H/t24-,26+/m1/s1. The van der Waals surface area contributed by atoms with E-state index in [1.807, 2.05) is 12.1 Å². The molecule has 2 heterocycles. The summed E-state index contributed by atoms with van der Waals surface area (Å²) in [5.41, 5.74) is 8.24. The summed E-state index contributed by atoms with van der Waals surface area (Å²) >= 11 is 0. The number of para-hydroxylation sites is 1. The van der Waals surface area contributed by atoms with E-state index < -0.39 is 0 Å². The molecule has 140 valence electrons. The Kier molecular flexibility index (Phi) is 3.68. The molecular formula is C26H20N2O. The molecule has 2 aliphatic heterocycles. The van der Waals surface area contributed by atoms with Gasteiger partial charge in [-0.3, -0.25) is 0 Å². The lowest BCUT2D eigenvalue weighted by atomic mass is 10.00. The predicted molar refractivity (Wildman–Crippen MR) is 116 cm³/mol. The van der Waals surface area contributed by atoms with Crippen LogP contribution in [0.1, 0.15) is 29.0 Å². The summed E-state index contributed by atoms with van der Waals surface area (Å²) < 4.78 is 6.42. The molecule has 0 unspecified atom stereocenters. The van der Waals surface area contributed by atoms with E-state index >= 15 is 0 Å². The number of hydrogen-bond donors (Lipinski definition) is 1. The highest BCUT2D eigenvalue weighted by atomic mass is 16.5. The van der Waals surface area contributed by atoms with Crippen LogP contribution in [0.4, 0.5) is 0 Å². The van der Waals surface area contributed by atoms with Crippen molar-refractivity contribution in [1.29, 1.82) is 0 Å². The zero-order chi connectivity index (χ0) is 19.2. The van der Waals surface area contributed by atoms with Gasteiger partial charge in [-0.25, -0.2) is 0 Å². The maximum atomic E-state index is 6.42. The third-order valence-electron chi connectivity index (χ3n) is 5.75. The Morgan fingerprint density at radius 2 is 1.48 bits per heavy atom. The zero-order valence-electron chi connectivity index (χ0n) is 15.8. The Labute approximate surface area is 169 Å². The van der Waals surface area contributed by atoms with Crippen molar-refractivity contribution < 1.29 is 4.74 Å². The van der Waals surface area contributed by atoms with E-state index in [4.69, 9.17) is 4.74 Å². The fraction of sp³-hybridized carbons (Fsp3) is 0.0769. The van der Waals surface area contributed by atoms with Crippen LogP contribution in [-0.2, 0) is 0 Å². The van der Waals surface area contributed by atoms with Crippen LogP contribution < -0.4 is 10.2 Å². The van der Waals surface area contributed by atoms with Gasteiger partial charge in [0.1, 0.15) is 5.75 Å². The van der Waals surface area contributed by atoms with Gasteiger partial charge in [-0.15, -0.1) is 0 Å². The number of rotatable bonds is 2. The Bertz CT molecular complexity index is 1230. The molecule has 4 aromatic carbocycles. The van der Waals surface area contributed by atoms with Crippen LogP contribution in [-0.4, -0.2) is 5.01 Å². The fourth-order valence-corrected chi connectivity index (χ4v) is 4.30. The van der Waals surface area contributed by atoms with Crippen molar-refractivity contribution >= 4 is 16.5 Å². The minimum Gasteiger partial charge on any atom is -0.469 e. The molecule has 2 aliphatic rings. The molecule has 0 aromatic heterocycles. The van der Waals surface area contributed by atoms with Crippen LogP contribution in [0.5, 0.6) is 5.75 Å². The van der Waals surface area contributed by atoms with Gasteiger partial charge >= 0.3 is 0 Å².